The van der Waals surface area contributed by atoms with E-state index in [0.717, 1.165) is 45.6 Å². The van der Waals surface area contributed by atoms with Crippen LogP contribution >= 0.6 is 0 Å². The van der Waals surface area contributed by atoms with E-state index in [4.69, 9.17) is 4.74 Å². The SMILES string of the molecule is O=C(c1cccnc1)N1CCC(N[C@H]2COC[C@H]2Cc2ccncc2)CC1. The second-order valence-electron chi connectivity index (χ2n) is 7.44. The molecule has 1 amide bonds. The average molecular weight is 366 g/mol. The molecule has 4 rings (SSSR count). The van der Waals surface area contributed by atoms with Crippen molar-refractivity contribution in [2.24, 2.45) is 5.92 Å². The monoisotopic (exact) mass is 366 g/mol. The molecule has 142 valence electrons. The molecule has 0 radical (unpaired) electrons. The van der Waals surface area contributed by atoms with Gasteiger partial charge >= 0.3 is 0 Å². The highest BCUT2D eigenvalue weighted by molar-refractivity contribution is 5.93. The fourth-order valence-corrected chi connectivity index (χ4v) is 4.03. The van der Waals surface area contributed by atoms with Gasteiger partial charge in [0.1, 0.15) is 0 Å². The Hall–Kier alpha value is -2.31. The standard InChI is InChI=1S/C21H26N4O2/c26-21(17-2-1-7-23-13-17)25-10-5-19(6-11-25)24-20-15-27-14-18(20)12-16-3-8-22-9-4-16/h1-4,7-9,13,18-20,24H,5-6,10-12,14-15H2/t18-,20+/m1/s1. The summed E-state index contributed by atoms with van der Waals surface area (Å²) < 4.78 is 5.75. The van der Waals surface area contributed by atoms with Crippen molar-refractivity contribution in [3.63, 3.8) is 0 Å². The van der Waals surface area contributed by atoms with Crippen LogP contribution in [0.4, 0.5) is 0 Å². The van der Waals surface area contributed by atoms with Gasteiger partial charge in [-0.05, 0) is 49.1 Å². The van der Waals surface area contributed by atoms with Crippen LogP contribution in [-0.4, -0.2) is 59.2 Å². The number of aromatic nitrogens is 2. The molecule has 2 saturated heterocycles. The normalized spacial score (nSPS) is 23.5. The Labute approximate surface area is 160 Å². The molecule has 6 nitrogen and oxygen atoms in total. The summed E-state index contributed by atoms with van der Waals surface area (Å²) in [4.78, 5) is 22.6. The molecule has 0 saturated carbocycles. The Balaban J connectivity index is 1.28. The van der Waals surface area contributed by atoms with E-state index in [2.05, 4.69) is 27.4 Å². The Morgan fingerprint density at radius 1 is 1.11 bits per heavy atom. The number of ether oxygens (including phenoxy) is 1. The van der Waals surface area contributed by atoms with E-state index in [0.29, 0.717) is 23.6 Å². The second-order valence-corrected chi connectivity index (χ2v) is 7.44. The molecule has 0 bridgehead atoms. The molecule has 0 aromatic carbocycles. The number of amides is 1. The van der Waals surface area contributed by atoms with Gasteiger partial charge in [0.05, 0.1) is 18.8 Å². The Bertz CT molecular complexity index is 732. The van der Waals surface area contributed by atoms with Crippen molar-refractivity contribution < 1.29 is 9.53 Å². The molecule has 2 aliphatic heterocycles. The first-order valence-corrected chi connectivity index (χ1v) is 9.71. The van der Waals surface area contributed by atoms with Gasteiger partial charge in [0, 0.05) is 55.9 Å². The molecule has 2 atom stereocenters. The van der Waals surface area contributed by atoms with Crippen LogP contribution in [0.2, 0.25) is 0 Å². The summed E-state index contributed by atoms with van der Waals surface area (Å²) >= 11 is 0. The van der Waals surface area contributed by atoms with Gasteiger partial charge in [-0.1, -0.05) is 0 Å². The highest BCUT2D eigenvalue weighted by Crippen LogP contribution is 2.22. The van der Waals surface area contributed by atoms with Crippen LogP contribution in [0.3, 0.4) is 0 Å². The molecule has 2 aromatic rings. The first-order chi connectivity index (χ1) is 13.3. The molecule has 2 fully saturated rings. The van der Waals surface area contributed by atoms with Gasteiger partial charge in [-0.25, -0.2) is 0 Å². The fourth-order valence-electron chi connectivity index (χ4n) is 4.03. The lowest BCUT2D eigenvalue weighted by atomic mass is 9.93. The highest BCUT2D eigenvalue weighted by Gasteiger charge is 2.32. The first kappa shape index (κ1) is 18.1. The van der Waals surface area contributed by atoms with Gasteiger partial charge in [0.2, 0.25) is 0 Å². The molecule has 2 aromatic heterocycles. The predicted molar refractivity (Wildman–Crippen MR) is 102 cm³/mol. The molecular weight excluding hydrogens is 340 g/mol. The third-order valence-corrected chi connectivity index (χ3v) is 5.59. The summed E-state index contributed by atoms with van der Waals surface area (Å²) in [5, 5.41) is 3.80. The number of hydrogen-bond acceptors (Lipinski definition) is 5. The minimum Gasteiger partial charge on any atom is -0.379 e. The average Bonchev–Trinajstić information content (AvgIpc) is 3.16. The first-order valence-electron chi connectivity index (χ1n) is 9.71. The van der Waals surface area contributed by atoms with Crippen molar-refractivity contribution in [3.8, 4) is 0 Å². The van der Waals surface area contributed by atoms with E-state index in [9.17, 15) is 4.79 Å². The second kappa shape index (κ2) is 8.59. The molecule has 6 heteroatoms. The topological polar surface area (TPSA) is 67.4 Å². The zero-order valence-electron chi connectivity index (χ0n) is 15.5. The van der Waals surface area contributed by atoms with E-state index in [1.807, 2.05) is 29.4 Å². The molecule has 2 aliphatic rings. The highest BCUT2D eigenvalue weighted by atomic mass is 16.5. The summed E-state index contributed by atoms with van der Waals surface area (Å²) in [7, 11) is 0. The zero-order chi connectivity index (χ0) is 18.5. The van der Waals surface area contributed by atoms with Crippen LogP contribution in [0.5, 0.6) is 0 Å². The van der Waals surface area contributed by atoms with Crippen LogP contribution in [0.1, 0.15) is 28.8 Å². The van der Waals surface area contributed by atoms with Gasteiger partial charge in [-0.2, -0.15) is 0 Å². The van der Waals surface area contributed by atoms with Crippen LogP contribution in [0, 0.1) is 5.92 Å². The van der Waals surface area contributed by atoms with Crippen molar-refractivity contribution in [2.75, 3.05) is 26.3 Å². The molecule has 0 spiro atoms. The largest absolute Gasteiger partial charge is 0.379 e. The molecule has 27 heavy (non-hydrogen) atoms. The number of carbonyl (C=O) groups is 1. The summed E-state index contributed by atoms with van der Waals surface area (Å²) in [5.41, 5.74) is 1.98. The smallest absolute Gasteiger partial charge is 0.255 e. The van der Waals surface area contributed by atoms with Gasteiger partial charge in [0.25, 0.3) is 5.91 Å². The molecule has 4 heterocycles. The summed E-state index contributed by atoms with van der Waals surface area (Å²) in [5.74, 6) is 0.573. The summed E-state index contributed by atoms with van der Waals surface area (Å²) in [6.07, 6.45) is 10.0. The Morgan fingerprint density at radius 3 is 2.67 bits per heavy atom. The van der Waals surface area contributed by atoms with E-state index < -0.39 is 0 Å². The van der Waals surface area contributed by atoms with Crippen molar-refractivity contribution >= 4 is 5.91 Å². The lowest BCUT2D eigenvalue weighted by Gasteiger charge is -2.34. The quantitative estimate of drug-likeness (QED) is 0.876. The van der Waals surface area contributed by atoms with Crippen molar-refractivity contribution in [2.45, 2.75) is 31.3 Å². The number of likely N-dealkylation sites (tertiary alicyclic amines) is 1. The number of rotatable bonds is 5. The number of pyridine rings is 2. The maximum Gasteiger partial charge on any atom is 0.255 e. The van der Waals surface area contributed by atoms with Crippen molar-refractivity contribution in [1.29, 1.82) is 0 Å². The number of nitrogens with zero attached hydrogens (tertiary/aromatic N) is 3. The number of hydrogen-bond donors (Lipinski definition) is 1. The third-order valence-electron chi connectivity index (χ3n) is 5.59. The maximum absolute atomic E-state index is 12.5. The van der Waals surface area contributed by atoms with Gasteiger partial charge < -0.3 is 15.0 Å². The minimum absolute atomic E-state index is 0.0845. The van der Waals surface area contributed by atoms with E-state index in [1.165, 1.54) is 5.56 Å². The maximum atomic E-state index is 12.5. The van der Waals surface area contributed by atoms with E-state index >= 15 is 0 Å². The van der Waals surface area contributed by atoms with Crippen LogP contribution in [-0.2, 0) is 11.2 Å². The number of nitrogens with one attached hydrogen (secondary N) is 1. The molecular formula is C21H26N4O2. The van der Waals surface area contributed by atoms with Gasteiger partial charge in [-0.15, -0.1) is 0 Å². The van der Waals surface area contributed by atoms with Crippen molar-refractivity contribution in [3.05, 3.63) is 60.2 Å². The lowest BCUT2D eigenvalue weighted by molar-refractivity contribution is 0.0698. The predicted octanol–water partition coefficient (Wildman–Crippen LogP) is 1.93. The zero-order valence-corrected chi connectivity index (χ0v) is 15.5. The van der Waals surface area contributed by atoms with Crippen LogP contribution < -0.4 is 5.32 Å². The van der Waals surface area contributed by atoms with Gasteiger partial charge in [-0.3, -0.25) is 14.8 Å². The fraction of sp³-hybridized carbons (Fsp3) is 0.476. The summed E-state index contributed by atoms with van der Waals surface area (Å²) in [6, 6.07) is 8.62. The van der Waals surface area contributed by atoms with E-state index in [-0.39, 0.29) is 5.91 Å². The summed E-state index contributed by atoms with van der Waals surface area (Å²) in [6.45, 7) is 3.14. The number of carbonyl (C=O) groups excluding carboxylic acids is 1. The molecule has 0 aliphatic carbocycles. The lowest BCUT2D eigenvalue weighted by Crippen LogP contribution is -2.49. The minimum atomic E-state index is 0.0845. The van der Waals surface area contributed by atoms with Crippen molar-refractivity contribution in [1.82, 2.24) is 20.2 Å². The molecule has 1 N–H and O–H groups in total. The van der Waals surface area contributed by atoms with Crippen LogP contribution in [0.15, 0.2) is 49.1 Å². The number of piperidine rings is 1. The third kappa shape index (κ3) is 4.51. The Kier molecular flexibility index (Phi) is 5.75. The van der Waals surface area contributed by atoms with Crippen LogP contribution in [0.25, 0.3) is 0 Å². The Morgan fingerprint density at radius 2 is 1.93 bits per heavy atom. The van der Waals surface area contributed by atoms with E-state index in [1.54, 1.807) is 12.4 Å². The molecule has 0 unspecified atom stereocenters. The van der Waals surface area contributed by atoms with Gasteiger partial charge in [0.15, 0.2) is 0 Å².